The molecule has 0 heterocycles. The van der Waals surface area contributed by atoms with E-state index in [1.54, 1.807) is 14.2 Å². The molecule has 0 saturated carbocycles. The van der Waals surface area contributed by atoms with Gasteiger partial charge in [-0.1, -0.05) is 36.4 Å². The summed E-state index contributed by atoms with van der Waals surface area (Å²) in [5.74, 6) is 1.34. The maximum atomic E-state index is 12.0. The van der Waals surface area contributed by atoms with Gasteiger partial charge in [0.25, 0.3) is 0 Å². The SMILES string of the molecule is COc1ccc(CCNC(=O)CCCCC(=O)NCCc2ccccc2)c(Br)c1OC. The molecule has 0 spiro atoms. The van der Waals surface area contributed by atoms with Gasteiger partial charge in [0, 0.05) is 25.9 Å². The highest BCUT2D eigenvalue weighted by Gasteiger charge is 2.12. The van der Waals surface area contributed by atoms with Crippen molar-refractivity contribution in [3.8, 4) is 11.5 Å². The lowest BCUT2D eigenvalue weighted by atomic mass is 10.1. The van der Waals surface area contributed by atoms with Crippen LogP contribution in [0.1, 0.15) is 36.8 Å². The van der Waals surface area contributed by atoms with E-state index in [1.807, 2.05) is 30.3 Å². The van der Waals surface area contributed by atoms with Gasteiger partial charge in [-0.2, -0.15) is 0 Å². The molecule has 6 nitrogen and oxygen atoms in total. The Morgan fingerprint density at radius 2 is 1.45 bits per heavy atom. The second-order valence-corrected chi connectivity index (χ2v) is 7.96. The first-order valence-electron chi connectivity index (χ1n) is 10.5. The van der Waals surface area contributed by atoms with Gasteiger partial charge in [-0.15, -0.1) is 0 Å². The minimum atomic E-state index is 0.00100. The van der Waals surface area contributed by atoms with E-state index in [1.165, 1.54) is 5.56 Å². The van der Waals surface area contributed by atoms with E-state index in [2.05, 4.69) is 38.7 Å². The van der Waals surface area contributed by atoms with Gasteiger partial charge in [-0.05, 0) is 58.8 Å². The summed E-state index contributed by atoms with van der Waals surface area (Å²) in [7, 11) is 3.19. The highest BCUT2D eigenvalue weighted by molar-refractivity contribution is 9.10. The highest BCUT2D eigenvalue weighted by Crippen LogP contribution is 2.37. The van der Waals surface area contributed by atoms with Gasteiger partial charge in [0.15, 0.2) is 11.5 Å². The molecule has 2 amide bonds. The molecule has 7 heteroatoms. The van der Waals surface area contributed by atoms with Crippen LogP contribution in [0.4, 0.5) is 0 Å². The summed E-state index contributed by atoms with van der Waals surface area (Å²) in [4.78, 5) is 23.9. The number of amides is 2. The normalized spacial score (nSPS) is 10.4. The molecule has 0 aliphatic carbocycles. The fraction of sp³-hybridized carbons (Fsp3) is 0.417. The molecule has 168 valence electrons. The van der Waals surface area contributed by atoms with Crippen molar-refractivity contribution >= 4 is 27.7 Å². The van der Waals surface area contributed by atoms with Crippen LogP contribution in [0.5, 0.6) is 11.5 Å². The van der Waals surface area contributed by atoms with Crippen molar-refractivity contribution in [3.63, 3.8) is 0 Å². The van der Waals surface area contributed by atoms with Gasteiger partial charge < -0.3 is 20.1 Å². The summed E-state index contributed by atoms with van der Waals surface area (Å²) >= 11 is 3.54. The number of rotatable bonds is 13. The third-order valence-electron chi connectivity index (χ3n) is 4.92. The van der Waals surface area contributed by atoms with Crippen LogP contribution in [0.3, 0.4) is 0 Å². The molecule has 0 aliphatic heterocycles. The number of nitrogens with one attached hydrogen (secondary N) is 2. The van der Waals surface area contributed by atoms with E-state index in [0.717, 1.165) is 16.5 Å². The number of hydrogen-bond donors (Lipinski definition) is 2. The van der Waals surface area contributed by atoms with Crippen LogP contribution in [0.2, 0.25) is 0 Å². The van der Waals surface area contributed by atoms with E-state index >= 15 is 0 Å². The monoisotopic (exact) mass is 490 g/mol. The standard InChI is InChI=1S/C24H31BrN2O4/c1-30-20-13-12-19(23(25)24(20)31-2)15-17-27-22(29)11-7-6-10-21(28)26-16-14-18-8-4-3-5-9-18/h3-5,8-9,12-13H,6-7,10-11,14-17H2,1-2H3,(H,26,28)(H,27,29). The molecule has 2 aromatic carbocycles. The lowest BCUT2D eigenvalue weighted by molar-refractivity contribution is -0.123. The molecule has 2 aromatic rings. The molecule has 0 saturated heterocycles. The Hall–Kier alpha value is -2.54. The number of ether oxygens (including phenoxy) is 2. The summed E-state index contributed by atoms with van der Waals surface area (Å²) in [6.45, 7) is 1.17. The van der Waals surface area contributed by atoms with E-state index < -0.39 is 0 Å². The topological polar surface area (TPSA) is 76.7 Å². The van der Waals surface area contributed by atoms with Crippen molar-refractivity contribution < 1.29 is 19.1 Å². The molecule has 0 aliphatic rings. The van der Waals surface area contributed by atoms with Crippen LogP contribution < -0.4 is 20.1 Å². The lowest BCUT2D eigenvalue weighted by Gasteiger charge is -2.13. The van der Waals surface area contributed by atoms with Crippen LogP contribution >= 0.6 is 15.9 Å². The number of methoxy groups -OCH3 is 2. The number of halogens is 1. The molecule has 2 rings (SSSR count). The van der Waals surface area contributed by atoms with Crippen molar-refractivity contribution in [1.82, 2.24) is 10.6 Å². The maximum absolute atomic E-state index is 12.0. The van der Waals surface area contributed by atoms with Crippen molar-refractivity contribution in [1.29, 1.82) is 0 Å². The summed E-state index contributed by atoms with van der Waals surface area (Å²) in [5, 5.41) is 5.86. The third-order valence-corrected chi connectivity index (χ3v) is 5.79. The Morgan fingerprint density at radius 3 is 2.03 bits per heavy atom. The molecular formula is C24H31BrN2O4. The van der Waals surface area contributed by atoms with Crippen LogP contribution in [0, 0.1) is 0 Å². The quantitative estimate of drug-likeness (QED) is 0.415. The van der Waals surface area contributed by atoms with Crippen molar-refractivity contribution in [2.24, 2.45) is 0 Å². The second kappa shape index (κ2) is 13.7. The van der Waals surface area contributed by atoms with Crippen LogP contribution in [-0.2, 0) is 22.4 Å². The fourth-order valence-electron chi connectivity index (χ4n) is 3.20. The molecule has 0 atom stereocenters. The van der Waals surface area contributed by atoms with Gasteiger partial charge in [-0.25, -0.2) is 0 Å². The third kappa shape index (κ3) is 8.61. The Balaban J connectivity index is 1.57. The van der Waals surface area contributed by atoms with E-state index in [9.17, 15) is 9.59 Å². The zero-order valence-electron chi connectivity index (χ0n) is 18.2. The van der Waals surface area contributed by atoms with Gasteiger partial charge >= 0.3 is 0 Å². The number of carbonyl (C=O) groups is 2. The van der Waals surface area contributed by atoms with Crippen LogP contribution in [0.25, 0.3) is 0 Å². The summed E-state index contributed by atoms with van der Waals surface area (Å²) in [6.07, 6.45) is 3.76. The van der Waals surface area contributed by atoms with Crippen molar-refractivity contribution in [3.05, 3.63) is 58.1 Å². The fourth-order valence-corrected chi connectivity index (χ4v) is 3.89. The Kier molecular flexibility index (Phi) is 10.9. The average molecular weight is 491 g/mol. The number of hydrogen-bond acceptors (Lipinski definition) is 4. The van der Waals surface area contributed by atoms with E-state index in [0.29, 0.717) is 56.7 Å². The number of unbranched alkanes of at least 4 members (excludes halogenated alkanes) is 1. The highest BCUT2D eigenvalue weighted by atomic mass is 79.9. The van der Waals surface area contributed by atoms with Gasteiger partial charge in [-0.3, -0.25) is 9.59 Å². The molecule has 0 radical (unpaired) electrons. The second-order valence-electron chi connectivity index (χ2n) is 7.17. The van der Waals surface area contributed by atoms with Crippen LogP contribution in [-0.4, -0.2) is 39.1 Å². The summed E-state index contributed by atoms with van der Waals surface area (Å²) < 4.78 is 11.5. The first-order chi connectivity index (χ1) is 15.0. The van der Waals surface area contributed by atoms with Gasteiger partial charge in [0.1, 0.15) is 0 Å². The molecule has 0 aromatic heterocycles. The van der Waals surface area contributed by atoms with Crippen molar-refractivity contribution in [2.45, 2.75) is 38.5 Å². The molecule has 31 heavy (non-hydrogen) atoms. The Morgan fingerprint density at radius 1 is 0.839 bits per heavy atom. The minimum absolute atomic E-state index is 0.00100. The Labute approximate surface area is 192 Å². The van der Waals surface area contributed by atoms with Gasteiger partial charge in [0.2, 0.25) is 11.8 Å². The Bertz CT molecular complexity index is 843. The molecule has 2 N–H and O–H groups in total. The predicted molar refractivity (Wildman–Crippen MR) is 126 cm³/mol. The number of carbonyl (C=O) groups excluding carboxylic acids is 2. The van der Waals surface area contributed by atoms with E-state index in [4.69, 9.17) is 9.47 Å². The van der Waals surface area contributed by atoms with E-state index in [-0.39, 0.29) is 11.8 Å². The summed E-state index contributed by atoms with van der Waals surface area (Å²) in [6, 6.07) is 13.9. The smallest absolute Gasteiger partial charge is 0.220 e. The zero-order valence-corrected chi connectivity index (χ0v) is 19.8. The predicted octanol–water partition coefficient (Wildman–Crippen LogP) is 4.04. The molecule has 0 unspecified atom stereocenters. The average Bonchev–Trinajstić information content (AvgIpc) is 2.78. The molecule has 0 bridgehead atoms. The first kappa shape index (κ1) is 24.7. The lowest BCUT2D eigenvalue weighted by Crippen LogP contribution is -2.26. The molecular weight excluding hydrogens is 460 g/mol. The van der Waals surface area contributed by atoms with Crippen LogP contribution in [0.15, 0.2) is 46.9 Å². The molecule has 0 fully saturated rings. The van der Waals surface area contributed by atoms with Gasteiger partial charge in [0.05, 0.1) is 18.7 Å². The first-order valence-corrected chi connectivity index (χ1v) is 11.3. The maximum Gasteiger partial charge on any atom is 0.220 e. The summed E-state index contributed by atoms with van der Waals surface area (Å²) in [5.41, 5.74) is 2.24. The minimum Gasteiger partial charge on any atom is -0.493 e. The number of benzene rings is 2. The van der Waals surface area contributed by atoms with Crippen molar-refractivity contribution in [2.75, 3.05) is 27.3 Å². The largest absolute Gasteiger partial charge is 0.493 e. The zero-order chi connectivity index (χ0) is 22.5.